The van der Waals surface area contributed by atoms with Crippen molar-refractivity contribution in [2.45, 2.75) is 45.8 Å². The Hall–Kier alpha value is -1.03. The molecular formula is C15H22BrNO2. The van der Waals surface area contributed by atoms with E-state index in [2.05, 4.69) is 52.4 Å². The van der Waals surface area contributed by atoms with Gasteiger partial charge in [0.05, 0.1) is 0 Å². The maximum atomic E-state index is 11.7. The summed E-state index contributed by atoms with van der Waals surface area (Å²) in [7, 11) is 0. The lowest BCUT2D eigenvalue weighted by Gasteiger charge is -2.22. The van der Waals surface area contributed by atoms with E-state index in [1.54, 1.807) is 0 Å². The number of hydrogen-bond acceptors (Lipinski definition) is 2. The van der Waals surface area contributed by atoms with Crippen LogP contribution < -0.4 is 5.32 Å². The van der Waals surface area contributed by atoms with E-state index in [-0.39, 0.29) is 12.1 Å². The molecule has 0 aromatic heterocycles. The summed E-state index contributed by atoms with van der Waals surface area (Å²) in [6.45, 7) is 7.63. The first-order valence-electron chi connectivity index (χ1n) is 6.41. The van der Waals surface area contributed by atoms with Crippen LogP contribution in [-0.4, -0.2) is 23.1 Å². The molecule has 1 aromatic rings. The molecule has 0 saturated heterocycles. The number of alkyl carbamates (subject to hydrolysis) is 1. The number of aryl methyl sites for hydroxylation is 1. The van der Waals surface area contributed by atoms with Gasteiger partial charge >= 0.3 is 6.09 Å². The number of benzene rings is 1. The van der Waals surface area contributed by atoms with Crippen molar-refractivity contribution >= 4 is 22.0 Å². The second kappa shape index (κ2) is 6.94. The fourth-order valence-corrected chi connectivity index (χ4v) is 2.02. The predicted octanol–water partition coefficient (Wildman–Crippen LogP) is 3.83. The Morgan fingerprint density at radius 1 is 1.32 bits per heavy atom. The van der Waals surface area contributed by atoms with Gasteiger partial charge in [-0.1, -0.05) is 45.8 Å². The van der Waals surface area contributed by atoms with Crippen molar-refractivity contribution in [1.82, 2.24) is 5.32 Å². The monoisotopic (exact) mass is 327 g/mol. The molecule has 0 unspecified atom stereocenters. The summed E-state index contributed by atoms with van der Waals surface area (Å²) in [6, 6.07) is 8.35. The molecule has 1 N–H and O–H groups in total. The third kappa shape index (κ3) is 6.62. The average Bonchev–Trinajstić information content (AvgIpc) is 2.28. The quantitative estimate of drug-likeness (QED) is 0.853. The second-order valence-electron chi connectivity index (χ2n) is 5.69. The van der Waals surface area contributed by atoms with Crippen LogP contribution in [0.1, 0.15) is 31.9 Å². The van der Waals surface area contributed by atoms with Gasteiger partial charge in [0.25, 0.3) is 0 Å². The fourth-order valence-electron chi connectivity index (χ4n) is 1.63. The number of alkyl halides is 1. The lowest BCUT2D eigenvalue weighted by molar-refractivity contribution is 0.0510. The van der Waals surface area contributed by atoms with E-state index in [1.165, 1.54) is 11.1 Å². The Kier molecular flexibility index (Phi) is 5.85. The number of carbonyl (C=O) groups excluding carboxylic acids is 1. The van der Waals surface area contributed by atoms with Gasteiger partial charge in [-0.05, 0) is 39.7 Å². The van der Waals surface area contributed by atoms with Gasteiger partial charge in [-0.2, -0.15) is 0 Å². The molecule has 19 heavy (non-hydrogen) atoms. The molecule has 0 bridgehead atoms. The number of hydrogen-bond donors (Lipinski definition) is 1. The normalized spacial score (nSPS) is 12.9. The summed E-state index contributed by atoms with van der Waals surface area (Å²) < 4.78 is 5.26. The number of rotatable bonds is 4. The minimum Gasteiger partial charge on any atom is -0.444 e. The lowest BCUT2D eigenvalue weighted by atomic mass is 10.1. The Labute approximate surface area is 123 Å². The summed E-state index contributed by atoms with van der Waals surface area (Å²) in [5.74, 6) is 0. The number of nitrogens with one attached hydrogen (secondary N) is 1. The Balaban J connectivity index is 2.54. The number of ether oxygens (including phenoxy) is 1. The molecule has 0 radical (unpaired) electrons. The third-order valence-corrected chi connectivity index (χ3v) is 3.29. The van der Waals surface area contributed by atoms with Crippen molar-refractivity contribution in [2.24, 2.45) is 0 Å². The van der Waals surface area contributed by atoms with Crippen molar-refractivity contribution in [1.29, 1.82) is 0 Å². The summed E-state index contributed by atoms with van der Waals surface area (Å²) in [6.07, 6.45) is 0.411. The van der Waals surface area contributed by atoms with Crippen molar-refractivity contribution in [3.8, 4) is 0 Å². The van der Waals surface area contributed by atoms with E-state index in [9.17, 15) is 4.79 Å². The van der Waals surface area contributed by atoms with E-state index < -0.39 is 5.60 Å². The highest BCUT2D eigenvalue weighted by Crippen LogP contribution is 2.10. The van der Waals surface area contributed by atoms with Crippen LogP contribution in [0.5, 0.6) is 0 Å². The van der Waals surface area contributed by atoms with Crippen LogP contribution >= 0.6 is 15.9 Å². The van der Waals surface area contributed by atoms with Crippen LogP contribution in [0.4, 0.5) is 4.79 Å². The molecule has 0 saturated carbocycles. The predicted molar refractivity (Wildman–Crippen MR) is 81.8 cm³/mol. The molecule has 3 nitrogen and oxygen atoms in total. The topological polar surface area (TPSA) is 38.3 Å². The van der Waals surface area contributed by atoms with Crippen LogP contribution in [0, 0.1) is 6.92 Å². The van der Waals surface area contributed by atoms with E-state index >= 15 is 0 Å². The molecule has 1 aromatic carbocycles. The highest BCUT2D eigenvalue weighted by Gasteiger charge is 2.19. The van der Waals surface area contributed by atoms with Gasteiger partial charge in [0.15, 0.2) is 0 Å². The first-order chi connectivity index (χ1) is 8.80. The molecule has 0 aliphatic carbocycles. The maximum absolute atomic E-state index is 11.7. The highest BCUT2D eigenvalue weighted by atomic mass is 79.9. The largest absolute Gasteiger partial charge is 0.444 e. The molecule has 1 atom stereocenters. The Bertz CT molecular complexity index is 409. The molecule has 0 aliphatic heterocycles. The van der Waals surface area contributed by atoms with Crippen LogP contribution in [-0.2, 0) is 11.2 Å². The smallest absolute Gasteiger partial charge is 0.407 e. The SMILES string of the molecule is Cc1ccc(C[C@@H](CBr)NC(=O)OC(C)(C)C)cc1. The lowest BCUT2D eigenvalue weighted by Crippen LogP contribution is -2.41. The van der Waals surface area contributed by atoms with Crippen molar-refractivity contribution in [2.75, 3.05) is 5.33 Å². The van der Waals surface area contributed by atoms with Crippen LogP contribution in [0.25, 0.3) is 0 Å². The van der Waals surface area contributed by atoms with Crippen LogP contribution in [0.2, 0.25) is 0 Å². The van der Waals surface area contributed by atoms with Crippen LogP contribution in [0.3, 0.4) is 0 Å². The summed E-state index contributed by atoms with van der Waals surface area (Å²) in [5.41, 5.74) is 1.97. The highest BCUT2D eigenvalue weighted by molar-refractivity contribution is 9.09. The molecule has 0 aliphatic rings. The van der Waals surface area contributed by atoms with Gasteiger partial charge < -0.3 is 10.1 Å². The average molecular weight is 328 g/mol. The van der Waals surface area contributed by atoms with Gasteiger partial charge in [0, 0.05) is 11.4 Å². The standard InChI is InChI=1S/C15H22BrNO2/c1-11-5-7-12(8-6-11)9-13(10-16)17-14(18)19-15(2,3)4/h5-8,13H,9-10H2,1-4H3,(H,17,18)/t13-/m0/s1. The number of halogens is 1. The van der Waals surface area contributed by atoms with Crippen molar-refractivity contribution in [3.05, 3.63) is 35.4 Å². The van der Waals surface area contributed by atoms with Crippen LogP contribution in [0.15, 0.2) is 24.3 Å². The van der Waals surface area contributed by atoms with Gasteiger partial charge in [0.1, 0.15) is 5.60 Å². The van der Waals surface area contributed by atoms with Gasteiger partial charge in [-0.15, -0.1) is 0 Å². The summed E-state index contributed by atoms with van der Waals surface area (Å²) >= 11 is 3.43. The minimum atomic E-state index is -0.467. The molecule has 0 fully saturated rings. The number of amides is 1. The first-order valence-corrected chi connectivity index (χ1v) is 7.53. The molecule has 0 spiro atoms. The summed E-state index contributed by atoms with van der Waals surface area (Å²) in [5, 5.41) is 3.57. The molecule has 4 heteroatoms. The van der Waals surface area contributed by atoms with E-state index in [4.69, 9.17) is 4.74 Å². The minimum absolute atomic E-state index is 0.0255. The maximum Gasteiger partial charge on any atom is 0.407 e. The van der Waals surface area contributed by atoms with E-state index in [0.717, 1.165) is 6.42 Å². The molecular weight excluding hydrogens is 306 g/mol. The van der Waals surface area contributed by atoms with E-state index in [1.807, 2.05) is 20.8 Å². The zero-order chi connectivity index (χ0) is 14.5. The van der Waals surface area contributed by atoms with E-state index in [0.29, 0.717) is 5.33 Å². The zero-order valence-electron chi connectivity index (χ0n) is 12.0. The summed E-state index contributed by atoms with van der Waals surface area (Å²) in [4.78, 5) is 11.7. The molecule has 1 amide bonds. The molecule has 106 valence electrons. The second-order valence-corrected chi connectivity index (χ2v) is 6.33. The third-order valence-electron chi connectivity index (χ3n) is 2.51. The molecule has 0 heterocycles. The van der Waals surface area contributed by atoms with Crippen molar-refractivity contribution < 1.29 is 9.53 Å². The van der Waals surface area contributed by atoms with Crippen molar-refractivity contribution in [3.63, 3.8) is 0 Å². The van der Waals surface area contributed by atoms with Gasteiger partial charge in [-0.3, -0.25) is 0 Å². The Morgan fingerprint density at radius 3 is 2.37 bits per heavy atom. The Morgan fingerprint density at radius 2 is 1.89 bits per heavy atom. The molecule has 1 rings (SSSR count). The first kappa shape index (κ1) is 16.0. The van der Waals surface area contributed by atoms with Gasteiger partial charge in [0.2, 0.25) is 0 Å². The fraction of sp³-hybridized carbons (Fsp3) is 0.533. The van der Waals surface area contributed by atoms with Gasteiger partial charge in [-0.25, -0.2) is 4.79 Å². The number of carbonyl (C=O) groups is 1. The zero-order valence-corrected chi connectivity index (χ0v) is 13.6.